The van der Waals surface area contributed by atoms with Gasteiger partial charge < -0.3 is 55.1 Å². The van der Waals surface area contributed by atoms with Crippen LogP contribution in [0.4, 0.5) is 5.69 Å². The van der Waals surface area contributed by atoms with E-state index in [9.17, 15) is 20.1 Å². The molecule has 0 saturated heterocycles. The van der Waals surface area contributed by atoms with Crippen LogP contribution in [0.5, 0.6) is 0 Å². The molecule has 44 heavy (non-hydrogen) atoms. The first-order chi connectivity index (χ1) is 21.2. The number of aliphatic hydroxyl groups is 3. The highest BCUT2D eigenvalue weighted by Crippen LogP contribution is 2.20. The van der Waals surface area contributed by atoms with E-state index in [4.69, 9.17) is 18.9 Å². The minimum absolute atomic E-state index is 0.0453. The van der Waals surface area contributed by atoms with Crippen LogP contribution in [0.2, 0.25) is 0 Å². The van der Waals surface area contributed by atoms with Gasteiger partial charge in [-0.05, 0) is 63.4 Å². The van der Waals surface area contributed by atoms with Gasteiger partial charge in [0.2, 0.25) is 5.91 Å². The van der Waals surface area contributed by atoms with E-state index >= 15 is 0 Å². The third-order valence-corrected chi connectivity index (χ3v) is 6.35. The molecule has 0 aliphatic rings. The van der Waals surface area contributed by atoms with Crippen LogP contribution in [0.25, 0.3) is 0 Å². The van der Waals surface area contributed by atoms with Gasteiger partial charge in [0.1, 0.15) is 13.0 Å². The Kier molecular flexibility index (Phi) is 23.1. The van der Waals surface area contributed by atoms with Crippen molar-refractivity contribution in [1.82, 2.24) is 21.3 Å². The maximum atomic E-state index is 12.4. The van der Waals surface area contributed by atoms with Crippen molar-refractivity contribution < 1.29 is 39.1 Å². The van der Waals surface area contributed by atoms with Gasteiger partial charge >= 0.3 is 0 Å². The fourth-order valence-electron chi connectivity index (χ4n) is 4.16. The number of methoxy groups -OCH3 is 1. The van der Waals surface area contributed by atoms with E-state index in [1.165, 1.54) is 0 Å². The molecule has 13 nitrogen and oxygen atoms in total. The van der Waals surface area contributed by atoms with Crippen molar-refractivity contribution in [3.05, 3.63) is 29.3 Å². The number of carbonyl (C=O) groups is 1. The quantitative estimate of drug-likeness (QED) is 0.0502. The zero-order valence-electron chi connectivity index (χ0n) is 27.4. The van der Waals surface area contributed by atoms with Crippen LogP contribution in [0.1, 0.15) is 51.2 Å². The zero-order valence-corrected chi connectivity index (χ0v) is 27.4. The summed E-state index contributed by atoms with van der Waals surface area (Å²) >= 11 is 0. The number of amides is 1. The molecule has 7 N–H and O–H groups in total. The summed E-state index contributed by atoms with van der Waals surface area (Å²) < 4.78 is 21.5. The smallest absolute Gasteiger partial charge is 0.220 e. The van der Waals surface area contributed by atoms with Crippen molar-refractivity contribution in [1.29, 1.82) is 0 Å². The summed E-state index contributed by atoms with van der Waals surface area (Å²) in [4.78, 5) is 14.5. The molecule has 0 aromatic heterocycles. The number of aliphatic hydroxyl groups excluding tert-OH is 3. The lowest BCUT2D eigenvalue weighted by molar-refractivity contribution is -0.121. The number of nitrogens with zero attached hydrogens (tertiary/aromatic N) is 1. The van der Waals surface area contributed by atoms with Crippen LogP contribution in [0.3, 0.4) is 0 Å². The molecule has 1 atom stereocenters. The summed E-state index contributed by atoms with van der Waals surface area (Å²) in [6.45, 7) is 13.0. The van der Waals surface area contributed by atoms with E-state index in [2.05, 4.69) is 26.2 Å². The number of hydrogen-bond donors (Lipinski definition) is 7. The van der Waals surface area contributed by atoms with E-state index in [-0.39, 0.29) is 31.5 Å². The standard InChI is InChI=1S/C31H59N5O8/c1-31(2,3)44-15-6-8-32-9-11-35-30(40)22-33-10-12-34-29(39)7-5-13-36(14-16-42-17-18-43-25-41-4)28-20-26(23-37)19-27(21-28)24-38/h19-21,30,32-33,35,37-38,40H,5-18,22-25H2,1-4H3,(H,34,39). The SMILES string of the molecule is COCOCCOCCN(CCCC(=O)NCCNCC(O)NCCNCCCOC(C)(C)C)c1cc(CO)cc(CO)c1. The van der Waals surface area contributed by atoms with Gasteiger partial charge in [-0.15, -0.1) is 0 Å². The monoisotopic (exact) mass is 629 g/mol. The van der Waals surface area contributed by atoms with E-state index in [1.54, 1.807) is 13.2 Å². The lowest BCUT2D eigenvalue weighted by Gasteiger charge is -2.26. The van der Waals surface area contributed by atoms with E-state index < -0.39 is 6.23 Å². The molecular formula is C31H59N5O8. The van der Waals surface area contributed by atoms with E-state index in [1.807, 2.05) is 32.9 Å². The summed E-state index contributed by atoms with van der Waals surface area (Å²) in [5.41, 5.74) is 2.18. The predicted molar refractivity (Wildman–Crippen MR) is 171 cm³/mol. The van der Waals surface area contributed by atoms with Crippen LogP contribution in [0, 0.1) is 0 Å². The van der Waals surface area contributed by atoms with Gasteiger partial charge in [-0.3, -0.25) is 10.1 Å². The second-order valence-electron chi connectivity index (χ2n) is 11.4. The van der Waals surface area contributed by atoms with E-state index in [0.717, 1.165) is 31.8 Å². The molecule has 1 unspecified atom stereocenters. The molecule has 0 fully saturated rings. The number of nitrogens with one attached hydrogen (secondary N) is 4. The fraction of sp³-hybridized carbons (Fsp3) is 0.774. The van der Waals surface area contributed by atoms with Crippen LogP contribution < -0.4 is 26.2 Å². The van der Waals surface area contributed by atoms with Gasteiger partial charge in [0.15, 0.2) is 0 Å². The number of ether oxygens (including phenoxy) is 4. The molecule has 0 aliphatic heterocycles. The number of hydrogen-bond acceptors (Lipinski definition) is 12. The molecule has 0 aliphatic carbocycles. The molecule has 0 radical (unpaired) electrons. The normalized spacial score (nSPS) is 12.4. The van der Waals surface area contributed by atoms with Gasteiger partial charge in [0.25, 0.3) is 0 Å². The van der Waals surface area contributed by atoms with Gasteiger partial charge in [-0.1, -0.05) is 6.07 Å². The average molecular weight is 630 g/mol. The van der Waals surface area contributed by atoms with Crippen molar-refractivity contribution >= 4 is 11.6 Å². The van der Waals surface area contributed by atoms with E-state index in [0.29, 0.717) is 83.1 Å². The number of carbonyl (C=O) groups excluding carboxylic acids is 1. The minimum atomic E-state index is -0.666. The van der Waals surface area contributed by atoms with Crippen LogP contribution in [0.15, 0.2) is 18.2 Å². The fourth-order valence-corrected chi connectivity index (χ4v) is 4.16. The second kappa shape index (κ2) is 25.3. The Bertz CT molecular complexity index is 837. The molecule has 1 rings (SSSR count). The second-order valence-corrected chi connectivity index (χ2v) is 11.4. The van der Waals surface area contributed by atoms with Crippen molar-refractivity contribution in [2.45, 2.75) is 65.1 Å². The molecule has 0 bridgehead atoms. The van der Waals surface area contributed by atoms with Crippen LogP contribution in [-0.2, 0) is 37.0 Å². The maximum absolute atomic E-state index is 12.4. The Morgan fingerprint density at radius 3 is 2.25 bits per heavy atom. The third-order valence-electron chi connectivity index (χ3n) is 6.35. The van der Waals surface area contributed by atoms with Gasteiger partial charge in [-0.25, -0.2) is 0 Å². The highest BCUT2D eigenvalue weighted by molar-refractivity contribution is 5.75. The lowest BCUT2D eigenvalue weighted by atomic mass is 10.1. The van der Waals surface area contributed by atoms with Crippen molar-refractivity contribution in [2.75, 3.05) is 97.6 Å². The molecule has 1 aromatic carbocycles. The van der Waals surface area contributed by atoms with Gasteiger partial charge in [0.05, 0.1) is 38.6 Å². The summed E-state index contributed by atoms with van der Waals surface area (Å²) in [5.74, 6) is -0.0453. The Morgan fingerprint density at radius 1 is 0.864 bits per heavy atom. The number of benzene rings is 1. The number of anilines is 1. The average Bonchev–Trinajstić information content (AvgIpc) is 2.99. The third kappa shape index (κ3) is 21.7. The Hall–Kier alpha value is -1.91. The molecule has 13 heteroatoms. The Labute approximate surface area is 264 Å². The van der Waals surface area contributed by atoms with Crippen molar-refractivity contribution in [2.24, 2.45) is 0 Å². The highest BCUT2D eigenvalue weighted by Gasteiger charge is 2.12. The zero-order chi connectivity index (χ0) is 32.5. The molecule has 0 spiro atoms. The molecule has 256 valence electrons. The first-order valence-corrected chi connectivity index (χ1v) is 15.7. The summed E-state index contributed by atoms with van der Waals surface area (Å²) in [6, 6.07) is 5.54. The first kappa shape index (κ1) is 40.1. The number of rotatable bonds is 28. The topological polar surface area (TPSA) is 166 Å². The molecule has 1 aromatic rings. The van der Waals surface area contributed by atoms with Crippen LogP contribution >= 0.6 is 0 Å². The summed E-state index contributed by atoms with van der Waals surface area (Å²) in [7, 11) is 1.57. The Morgan fingerprint density at radius 2 is 1.57 bits per heavy atom. The minimum Gasteiger partial charge on any atom is -0.392 e. The molecular weight excluding hydrogens is 570 g/mol. The summed E-state index contributed by atoms with van der Waals surface area (Å²) in [6.07, 6.45) is 1.25. The lowest BCUT2D eigenvalue weighted by Crippen LogP contribution is -2.43. The first-order valence-electron chi connectivity index (χ1n) is 15.7. The van der Waals surface area contributed by atoms with Gasteiger partial charge in [0, 0.05) is 71.6 Å². The van der Waals surface area contributed by atoms with Crippen LogP contribution in [-0.4, -0.2) is 126 Å². The molecule has 0 saturated carbocycles. The van der Waals surface area contributed by atoms with Crippen molar-refractivity contribution in [3.8, 4) is 0 Å². The largest absolute Gasteiger partial charge is 0.392 e. The Balaban J connectivity index is 2.27. The van der Waals surface area contributed by atoms with Gasteiger partial charge in [-0.2, -0.15) is 0 Å². The highest BCUT2D eigenvalue weighted by atomic mass is 16.7. The molecule has 1 amide bonds. The maximum Gasteiger partial charge on any atom is 0.220 e. The van der Waals surface area contributed by atoms with Crippen molar-refractivity contribution in [3.63, 3.8) is 0 Å². The summed E-state index contributed by atoms with van der Waals surface area (Å²) in [5, 5.41) is 41.8. The predicted octanol–water partition coefficient (Wildman–Crippen LogP) is 0.304. The molecule has 0 heterocycles.